The number of hydrogen-bond donors (Lipinski definition) is 0. The third kappa shape index (κ3) is 7.63. The second-order valence-electron chi connectivity index (χ2n) is 8.68. The van der Waals surface area contributed by atoms with Crippen LogP contribution in [0.1, 0.15) is 73.3 Å². The molecule has 0 aliphatic rings. The monoisotopic (exact) mass is 499 g/mol. The van der Waals surface area contributed by atoms with E-state index in [4.69, 9.17) is 10.3 Å². The molecule has 1 aromatic carbocycles. The first-order chi connectivity index (χ1) is 16.7. The molecule has 1 unspecified atom stereocenters. The van der Waals surface area contributed by atoms with Crippen LogP contribution in [-0.2, 0) is 16.1 Å². The number of benzene rings is 1. The average molecular weight is 500 g/mol. The molecular weight excluding hydrogens is 466 g/mol. The maximum Gasteiger partial charge on any atom is 0.357 e. The van der Waals surface area contributed by atoms with Crippen LogP contribution in [0.25, 0.3) is 10.4 Å². The number of carbonyl (C=O) groups excluding carboxylic acids is 3. The number of amides is 1. The number of esters is 1. The van der Waals surface area contributed by atoms with Gasteiger partial charge < -0.3 is 9.64 Å². The summed E-state index contributed by atoms with van der Waals surface area (Å²) in [5, 5.41) is 5.52. The van der Waals surface area contributed by atoms with Crippen molar-refractivity contribution in [3.8, 4) is 0 Å². The predicted molar refractivity (Wildman–Crippen MR) is 135 cm³/mol. The zero-order valence-corrected chi connectivity index (χ0v) is 21.7. The van der Waals surface area contributed by atoms with Crippen molar-refractivity contribution in [2.45, 2.75) is 66.1 Å². The minimum Gasteiger partial charge on any atom is -0.461 e. The summed E-state index contributed by atoms with van der Waals surface area (Å²) in [6.45, 7) is 9.89. The molecule has 0 bridgehead atoms. The van der Waals surface area contributed by atoms with Crippen molar-refractivity contribution in [1.29, 1.82) is 0 Å². The van der Waals surface area contributed by atoms with Crippen LogP contribution in [0.15, 0.2) is 40.8 Å². The van der Waals surface area contributed by atoms with Crippen molar-refractivity contribution >= 4 is 29.0 Å². The SMILES string of the molecule is CCOC(=O)c1csc(C(=O)CC(C(C)C)N(Cc2ccccc2)C(=O)[C@@H](N=[N+]=[N-])[C@@H](C)CC)n1. The van der Waals surface area contributed by atoms with E-state index in [1.165, 1.54) is 5.38 Å². The molecule has 35 heavy (non-hydrogen) atoms. The van der Waals surface area contributed by atoms with Crippen molar-refractivity contribution in [3.05, 3.63) is 62.4 Å². The van der Waals surface area contributed by atoms with Gasteiger partial charge in [0.15, 0.2) is 16.5 Å². The van der Waals surface area contributed by atoms with E-state index in [1.54, 1.807) is 11.8 Å². The van der Waals surface area contributed by atoms with E-state index in [-0.39, 0.29) is 53.8 Å². The Labute approximate surface area is 210 Å². The van der Waals surface area contributed by atoms with E-state index in [0.29, 0.717) is 6.42 Å². The minimum atomic E-state index is -0.875. The fraction of sp³-hybridized carbons (Fsp3) is 0.520. The van der Waals surface area contributed by atoms with Gasteiger partial charge in [0.2, 0.25) is 5.91 Å². The number of rotatable bonds is 13. The normalized spacial score (nSPS) is 13.4. The average Bonchev–Trinajstić information content (AvgIpc) is 3.35. The molecule has 9 nitrogen and oxygen atoms in total. The van der Waals surface area contributed by atoms with E-state index in [1.807, 2.05) is 58.0 Å². The summed E-state index contributed by atoms with van der Waals surface area (Å²) in [6, 6.07) is 8.16. The van der Waals surface area contributed by atoms with E-state index < -0.39 is 18.1 Å². The summed E-state index contributed by atoms with van der Waals surface area (Å²) in [6.07, 6.45) is 0.686. The number of ether oxygens (including phenoxy) is 1. The van der Waals surface area contributed by atoms with Crippen LogP contribution in [-0.4, -0.2) is 46.2 Å². The highest BCUT2D eigenvalue weighted by Crippen LogP contribution is 2.25. The lowest BCUT2D eigenvalue weighted by Crippen LogP contribution is -2.49. The highest BCUT2D eigenvalue weighted by molar-refractivity contribution is 7.11. The molecule has 2 rings (SSSR count). The summed E-state index contributed by atoms with van der Waals surface area (Å²) < 4.78 is 4.96. The Morgan fingerprint density at radius 1 is 1.17 bits per heavy atom. The quantitative estimate of drug-likeness (QED) is 0.115. The Bertz CT molecular complexity index is 1050. The standard InChI is InChI=1S/C25H33N5O4S/c1-6-17(5)22(28-29-26)24(32)30(14-18-11-9-8-10-12-18)20(16(3)4)13-21(31)23-27-19(15-35-23)25(33)34-7-2/h8-12,15-17,20,22H,6-7,13-14H2,1-5H3/t17-,20?,22-/m0/s1. The number of aromatic nitrogens is 1. The zero-order chi connectivity index (χ0) is 26.0. The summed E-state index contributed by atoms with van der Waals surface area (Å²) in [5.41, 5.74) is 10.1. The fourth-order valence-electron chi connectivity index (χ4n) is 3.68. The summed E-state index contributed by atoms with van der Waals surface area (Å²) in [7, 11) is 0. The number of carbonyl (C=O) groups is 3. The van der Waals surface area contributed by atoms with Crippen molar-refractivity contribution in [1.82, 2.24) is 9.88 Å². The summed E-state index contributed by atoms with van der Waals surface area (Å²) >= 11 is 1.08. The van der Waals surface area contributed by atoms with Crippen LogP contribution in [0, 0.1) is 11.8 Å². The third-order valence-electron chi connectivity index (χ3n) is 5.88. The number of azide groups is 1. The molecule has 0 saturated carbocycles. The van der Waals surface area contributed by atoms with Crippen molar-refractivity contribution in [2.75, 3.05) is 6.61 Å². The first-order valence-electron chi connectivity index (χ1n) is 11.8. The molecule has 1 aromatic heterocycles. The molecule has 188 valence electrons. The number of Topliss-reactive ketones (excluding diaryl/α,β-unsaturated/α-hetero) is 1. The van der Waals surface area contributed by atoms with Gasteiger partial charge in [-0.15, -0.1) is 11.3 Å². The molecule has 0 saturated heterocycles. The van der Waals surface area contributed by atoms with Crippen LogP contribution in [0.5, 0.6) is 0 Å². The second kappa shape index (κ2) is 13.6. The molecule has 0 fully saturated rings. The molecular formula is C25H33N5O4S. The van der Waals surface area contributed by atoms with Gasteiger partial charge in [0.05, 0.1) is 6.61 Å². The first kappa shape index (κ1) is 28.0. The van der Waals surface area contributed by atoms with Gasteiger partial charge in [-0.2, -0.15) is 0 Å². The predicted octanol–water partition coefficient (Wildman–Crippen LogP) is 5.67. The van der Waals surface area contributed by atoms with Crippen molar-refractivity contribution in [3.63, 3.8) is 0 Å². The van der Waals surface area contributed by atoms with Crippen molar-refractivity contribution in [2.24, 2.45) is 17.0 Å². The van der Waals surface area contributed by atoms with Gasteiger partial charge in [-0.25, -0.2) is 9.78 Å². The molecule has 1 heterocycles. The molecule has 0 aliphatic heterocycles. The third-order valence-corrected chi connectivity index (χ3v) is 6.77. The summed E-state index contributed by atoms with van der Waals surface area (Å²) in [5.74, 6) is -1.38. The van der Waals surface area contributed by atoms with Crippen LogP contribution in [0.4, 0.5) is 0 Å². The number of thiazole rings is 1. The minimum absolute atomic E-state index is 0.0233. The van der Waals surface area contributed by atoms with Crippen LogP contribution in [0.3, 0.4) is 0 Å². The number of nitrogens with zero attached hydrogens (tertiary/aromatic N) is 5. The molecule has 0 spiro atoms. The van der Waals surface area contributed by atoms with Crippen LogP contribution < -0.4 is 0 Å². The number of hydrogen-bond acceptors (Lipinski definition) is 7. The van der Waals surface area contributed by atoms with E-state index >= 15 is 0 Å². The summed E-state index contributed by atoms with van der Waals surface area (Å²) in [4.78, 5) is 47.6. The van der Waals surface area contributed by atoms with Gasteiger partial charge in [-0.1, -0.05) is 69.6 Å². The lowest BCUT2D eigenvalue weighted by atomic mass is 9.93. The maximum absolute atomic E-state index is 13.7. The molecule has 1 amide bonds. The highest BCUT2D eigenvalue weighted by atomic mass is 32.1. The number of ketones is 1. The lowest BCUT2D eigenvalue weighted by Gasteiger charge is -2.37. The van der Waals surface area contributed by atoms with E-state index in [9.17, 15) is 14.4 Å². The van der Waals surface area contributed by atoms with E-state index in [0.717, 1.165) is 16.9 Å². The molecule has 2 aromatic rings. The Hall–Kier alpha value is -3.23. The van der Waals surface area contributed by atoms with Gasteiger partial charge in [-0.3, -0.25) is 9.59 Å². The van der Waals surface area contributed by atoms with Gasteiger partial charge in [-0.05, 0) is 29.9 Å². The fourth-order valence-corrected chi connectivity index (χ4v) is 4.42. The van der Waals surface area contributed by atoms with E-state index in [2.05, 4.69) is 15.0 Å². The topological polar surface area (TPSA) is 125 Å². The second-order valence-corrected chi connectivity index (χ2v) is 9.54. The van der Waals surface area contributed by atoms with Gasteiger partial charge in [0, 0.05) is 29.3 Å². The van der Waals surface area contributed by atoms with Gasteiger partial charge >= 0.3 is 5.97 Å². The van der Waals surface area contributed by atoms with Gasteiger partial charge in [0.1, 0.15) is 6.04 Å². The first-order valence-corrected chi connectivity index (χ1v) is 12.7. The maximum atomic E-state index is 13.7. The Balaban J connectivity index is 2.39. The van der Waals surface area contributed by atoms with Crippen LogP contribution >= 0.6 is 11.3 Å². The van der Waals surface area contributed by atoms with Crippen molar-refractivity contribution < 1.29 is 19.1 Å². The lowest BCUT2D eigenvalue weighted by molar-refractivity contribution is -0.137. The molecule has 0 radical (unpaired) electrons. The largest absolute Gasteiger partial charge is 0.461 e. The Morgan fingerprint density at radius 2 is 1.86 bits per heavy atom. The highest BCUT2D eigenvalue weighted by Gasteiger charge is 2.35. The van der Waals surface area contributed by atoms with Crippen LogP contribution in [0.2, 0.25) is 0 Å². The smallest absolute Gasteiger partial charge is 0.357 e. The Morgan fingerprint density at radius 3 is 2.43 bits per heavy atom. The Kier molecular flexibility index (Phi) is 10.9. The zero-order valence-electron chi connectivity index (χ0n) is 20.9. The van der Waals surface area contributed by atoms with Gasteiger partial charge in [0.25, 0.3) is 0 Å². The molecule has 0 aliphatic carbocycles. The molecule has 3 atom stereocenters. The molecule has 10 heteroatoms. The molecule has 0 N–H and O–H groups in total.